The molecule has 0 saturated carbocycles. The quantitative estimate of drug-likeness (QED) is 0.782. The summed E-state index contributed by atoms with van der Waals surface area (Å²) in [6, 6.07) is 5.33. The van der Waals surface area contributed by atoms with E-state index in [1.54, 1.807) is 12.1 Å². The molecule has 0 aliphatic carbocycles. The van der Waals surface area contributed by atoms with Gasteiger partial charge in [-0.2, -0.15) is 0 Å². The topological polar surface area (TPSA) is 35.2 Å². The van der Waals surface area contributed by atoms with Gasteiger partial charge in [-0.25, -0.2) is 0 Å². The van der Waals surface area contributed by atoms with Crippen LogP contribution in [0.1, 0.15) is 20.8 Å². The molecule has 3 heteroatoms. The molecular weight excluding hydrogens is 198 g/mol. The van der Waals surface area contributed by atoms with Gasteiger partial charge in [-0.3, -0.25) is 0 Å². The molecule has 0 saturated heterocycles. The van der Waals surface area contributed by atoms with E-state index < -0.39 is 0 Å². The Morgan fingerprint density at radius 3 is 2.43 bits per heavy atom. The first-order valence-corrected chi connectivity index (χ1v) is 5.10. The highest BCUT2D eigenvalue weighted by atomic mass is 35.5. The van der Waals surface area contributed by atoms with Gasteiger partial charge in [0.25, 0.3) is 0 Å². The van der Waals surface area contributed by atoms with E-state index in [1.807, 2.05) is 13.0 Å². The number of anilines is 1. The lowest BCUT2D eigenvalue weighted by molar-refractivity contribution is 0.170. The highest BCUT2D eigenvalue weighted by Gasteiger charge is 2.09. The molecule has 0 aliphatic heterocycles. The SMILES string of the molecule is CC(C)C(C)Oc1ccc(Cl)c(N)c1. The van der Waals surface area contributed by atoms with Gasteiger partial charge in [0, 0.05) is 6.07 Å². The summed E-state index contributed by atoms with van der Waals surface area (Å²) in [5.41, 5.74) is 6.22. The molecule has 1 unspecified atom stereocenters. The Morgan fingerprint density at radius 2 is 1.93 bits per heavy atom. The fourth-order valence-corrected chi connectivity index (χ4v) is 1.06. The van der Waals surface area contributed by atoms with E-state index in [1.165, 1.54) is 0 Å². The molecule has 0 amide bonds. The predicted molar refractivity (Wildman–Crippen MR) is 60.8 cm³/mol. The van der Waals surface area contributed by atoms with Crippen molar-refractivity contribution < 1.29 is 4.74 Å². The summed E-state index contributed by atoms with van der Waals surface area (Å²) in [6.07, 6.45) is 0.176. The van der Waals surface area contributed by atoms with Gasteiger partial charge < -0.3 is 10.5 Å². The summed E-state index contributed by atoms with van der Waals surface area (Å²) < 4.78 is 5.67. The number of hydrogen-bond acceptors (Lipinski definition) is 2. The van der Waals surface area contributed by atoms with Crippen LogP contribution in [0.3, 0.4) is 0 Å². The fourth-order valence-electron chi connectivity index (χ4n) is 0.946. The number of nitrogens with two attached hydrogens (primary N) is 1. The molecule has 1 aromatic carbocycles. The van der Waals surface area contributed by atoms with Gasteiger partial charge in [0.15, 0.2) is 0 Å². The molecule has 0 bridgehead atoms. The highest BCUT2D eigenvalue weighted by Crippen LogP contribution is 2.25. The van der Waals surface area contributed by atoms with Crippen molar-refractivity contribution in [3.05, 3.63) is 23.2 Å². The molecule has 0 radical (unpaired) electrons. The summed E-state index contributed by atoms with van der Waals surface area (Å²) in [6.45, 7) is 6.27. The van der Waals surface area contributed by atoms with Crippen LogP contribution < -0.4 is 10.5 Å². The van der Waals surface area contributed by atoms with Crippen molar-refractivity contribution in [2.24, 2.45) is 5.92 Å². The van der Waals surface area contributed by atoms with E-state index >= 15 is 0 Å². The standard InChI is InChI=1S/C11H16ClNO/c1-7(2)8(3)14-9-4-5-10(12)11(13)6-9/h4-8H,13H2,1-3H3. The molecule has 1 aromatic rings. The van der Waals surface area contributed by atoms with Crippen molar-refractivity contribution in [1.82, 2.24) is 0 Å². The zero-order valence-electron chi connectivity index (χ0n) is 8.75. The molecule has 0 aliphatic rings. The predicted octanol–water partition coefficient (Wildman–Crippen LogP) is 3.35. The van der Waals surface area contributed by atoms with E-state index in [2.05, 4.69) is 13.8 Å². The summed E-state index contributed by atoms with van der Waals surface area (Å²) >= 11 is 5.80. The molecular formula is C11H16ClNO. The second-order valence-electron chi connectivity index (χ2n) is 3.75. The molecule has 78 valence electrons. The Labute approximate surface area is 90.0 Å². The van der Waals surface area contributed by atoms with Gasteiger partial charge in [-0.15, -0.1) is 0 Å². The summed E-state index contributed by atoms with van der Waals surface area (Å²) in [5, 5.41) is 0.564. The van der Waals surface area contributed by atoms with Crippen LogP contribution in [-0.2, 0) is 0 Å². The van der Waals surface area contributed by atoms with Crippen LogP contribution in [0.15, 0.2) is 18.2 Å². The van der Waals surface area contributed by atoms with Crippen LogP contribution in [0.5, 0.6) is 5.75 Å². The monoisotopic (exact) mass is 213 g/mol. The maximum absolute atomic E-state index is 5.80. The minimum absolute atomic E-state index is 0.176. The number of nitrogen functional groups attached to an aromatic ring is 1. The van der Waals surface area contributed by atoms with Gasteiger partial charge in [0.05, 0.1) is 16.8 Å². The van der Waals surface area contributed by atoms with Crippen LogP contribution in [0.4, 0.5) is 5.69 Å². The third-order valence-corrected chi connectivity index (χ3v) is 2.57. The van der Waals surface area contributed by atoms with Gasteiger partial charge in [0.2, 0.25) is 0 Å². The van der Waals surface area contributed by atoms with Crippen molar-refractivity contribution in [3.63, 3.8) is 0 Å². The second-order valence-corrected chi connectivity index (χ2v) is 4.16. The van der Waals surface area contributed by atoms with Crippen molar-refractivity contribution in [2.75, 3.05) is 5.73 Å². The van der Waals surface area contributed by atoms with Gasteiger partial charge >= 0.3 is 0 Å². The van der Waals surface area contributed by atoms with Crippen molar-refractivity contribution in [2.45, 2.75) is 26.9 Å². The van der Waals surface area contributed by atoms with E-state index in [0.717, 1.165) is 5.75 Å². The Balaban J connectivity index is 2.73. The van der Waals surface area contributed by atoms with E-state index in [-0.39, 0.29) is 6.10 Å². The molecule has 2 N–H and O–H groups in total. The Bertz CT molecular complexity index is 312. The normalized spacial score (nSPS) is 12.9. The largest absolute Gasteiger partial charge is 0.490 e. The first-order valence-electron chi connectivity index (χ1n) is 4.72. The van der Waals surface area contributed by atoms with Gasteiger partial charge in [-0.1, -0.05) is 25.4 Å². The van der Waals surface area contributed by atoms with Crippen LogP contribution in [0.2, 0.25) is 5.02 Å². The third kappa shape index (κ3) is 2.81. The number of rotatable bonds is 3. The Hall–Kier alpha value is -0.890. The van der Waals surface area contributed by atoms with Crippen LogP contribution in [-0.4, -0.2) is 6.10 Å². The minimum atomic E-state index is 0.176. The maximum atomic E-state index is 5.80. The lowest BCUT2D eigenvalue weighted by Gasteiger charge is -2.18. The highest BCUT2D eigenvalue weighted by molar-refractivity contribution is 6.33. The molecule has 1 rings (SSSR count). The molecule has 0 heterocycles. The van der Waals surface area contributed by atoms with Crippen molar-refractivity contribution in [1.29, 1.82) is 0 Å². The first-order chi connectivity index (χ1) is 6.50. The maximum Gasteiger partial charge on any atom is 0.121 e. The number of halogens is 1. The average molecular weight is 214 g/mol. The van der Waals surface area contributed by atoms with Crippen LogP contribution in [0.25, 0.3) is 0 Å². The van der Waals surface area contributed by atoms with Crippen molar-refractivity contribution in [3.8, 4) is 5.75 Å². The molecule has 2 nitrogen and oxygen atoms in total. The van der Waals surface area contributed by atoms with Crippen LogP contribution in [0, 0.1) is 5.92 Å². The molecule has 14 heavy (non-hydrogen) atoms. The lowest BCUT2D eigenvalue weighted by atomic mass is 10.1. The number of ether oxygens (including phenoxy) is 1. The minimum Gasteiger partial charge on any atom is -0.490 e. The number of hydrogen-bond donors (Lipinski definition) is 1. The summed E-state index contributed by atoms with van der Waals surface area (Å²) in [7, 11) is 0. The summed E-state index contributed by atoms with van der Waals surface area (Å²) in [5.74, 6) is 1.25. The summed E-state index contributed by atoms with van der Waals surface area (Å²) in [4.78, 5) is 0. The smallest absolute Gasteiger partial charge is 0.121 e. The van der Waals surface area contributed by atoms with Crippen LogP contribution >= 0.6 is 11.6 Å². The Kier molecular flexibility index (Phi) is 3.64. The lowest BCUT2D eigenvalue weighted by Crippen LogP contribution is -2.18. The zero-order valence-corrected chi connectivity index (χ0v) is 9.51. The van der Waals surface area contributed by atoms with Gasteiger partial charge in [-0.05, 0) is 25.0 Å². The molecule has 1 atom stereocenters. The average Bonchev–Trinajstić information content (AvgIpc) is 2.11. The van der Waals surface area contributed by atoms with Crippen molar-refractivity contribution >= 4 is 17.3 Å². The molecule has 0 aromatic heterocycles. The van der Waals surface area contributed by atoms with E-state index in [0.29, 0.717) is 16.6 Å². The first kappa shape index (κ1) is 11.2. The Morgan fingerprint density at radius 1 is 1.29 bits per heavy atom. The zero-order chi connectivity index (χ0) is 10.7. The van der Waals surface area contributed by atoms with Gasteiger partial charge in [0.1, 0.15) is 5.75 Å². The fraction of sp³-hybridized carbons (Fsp3) is 0.455. The molecule has 0 fully saturated rings. The van der Waals surface area contributed by atoms with E-state index in [4.69, 9.17) is 22.1 Å². The molecule has 0 spiro atoms. The second kappa shape index (κ2) is 4.56. The van der Waals surface area contributed by atoms with E-state index in [9.17, 15) is 0 Å². The third-order valence-electron chi connectivity index (χ3n) is 2.23. The number of benzene rings is 1.